The zero-order valence-corrected chi connectivity index (χ0v) is 10.4. The van der Waals surface area contributed by atoms with Crippen LogP contribution >= 0.6 is 0 Å². The van der Waals surface area contributed by atoms with Crippen molar-refractivity contribution < 1.29 is 9.32 Å². The highest BCUT2D eigenvalue weighted by molar-refractivity contribution is 5.96. The maximum Gasteiger partial charge on any atom is 0.256 e. The number of nitrogens with one attached hydrogen (secondary N) is 1. The maximum absolute atomic E-state index is 11.9. The summed E-state index contributed by atoms with van der Waals surface area (Å²) in [6.45, 7) is 4.05. The van der Waals surface area contributed by atoms with Crippen LogP contribution in [0.2, 0.25) is 0 Å². The van der Waals surface area contributed by atoms with Gasteiger partial charge in [0, 0.05) is 18.9 Å². The summed E-state index contributed by atoms with van der Waals surface area (Å²) in [6.07, 6.45) is 4.27. The summed E-state index contributed by atoms with van der Waals surface area (Å²) in [5.74, 6) is 0.404. The quantitative estimate of drug-likeness (QED) is 0.889. The number of rotatable bonds is 4. The fourth-order valence-electron chi connectivity index (χ4n) is 1.76. The van der Waals surface area contributed by atoms with Gasteiger partial charge >= 0.3 is 0 Å². The van der Waals surface area contributed by atoms with Gasteiger partial charge in [-0.1, -0.05) is 11.2 Å². The molecule has 94 valence electrons. The van der Waals surface area contributed by atoms with E-state index in [0.717, 1.165) is 12.0 Å². The highest BCUT2D eigenvalue weighted by Gasteiger charge is 2.16. The average Bonchev–Trinajstić information content (AvgIpc) is 2.70. The van der Waals surface area contributed by atoms with Crippen molar-refractivity contribution in [3.05, 3.63) is 47.1 Å². The molecule has 1 amide bonds. The number of hydrogen-bond donors (Lipinski definition) is 1. The predicted molar refractivity (Wildman–Crippen MR) is 66.3 cm³/mol. The van der Waals surface area contributed by atoms with Gasteiger partial charge in [-0.2, -0.15) is 0 Å². The first-order valence-corrected chi connectivity index (χ1v) is 5.78. The van der Waals surface area contributed by atoms with E-state index in [9.17, 15) is 4.79 Å². The highest BCUT2D eigenvalue weighted by atomic mass is 16.5. The lowest BCUT2D eigenvalue weighted by atomic mass is 10.2. The second-order valence-corrected chi connectivity index (χ2v) is 4.07. The summed E-state index contributed by atoms with van der Waals surface area (Å²) < 4.78 is 4.96. The molecular weight excluding hydrogens is 230 g/mol. The molecule has 0 unspecified atom stereocenters. The van der Waals surface area contributed by atoms with Crippen molar-refractivity contribution in [2.45, 2.75) is 20.3 Å². The third-order valence-electron chi connectivity index (χ3n) is 2.68. The first-order valence-electron chi connectivity index (χ1n) is 5.78. The summed E-state index contributed by atoms with van der Waals surface area (Å²) in [7, 11) is 0. The standard InChI is InChI=1S/C13H15N3O2/c1-9-12(10(2)18-16-9)13(17)15-7-5-11-4-3-6-14-8-11/h3-4,6,8H,5,7H2,1-2H3,(H,15,17). The van der Waals surface area contributed by atoms with Crippen molar-refractivity contribution >= 4 is 5.91 Å². The number of amides is 1. The van der Waals surface area contributed by atoms with Crippen molar-refractivity contribution in [1.82, 2.24) is 15.5 Å². The lowest BCUT2D eigenvalue weighted by Gasteiger charge is -2.04. The summed E-state index contributed by atoms with van der Waals surface area (Å²) in [6, 6.07) is 3.86. The predicted octanol–water partition coefficient (Wildman–Crippen LogP) is 1.66. The van der Waals surface area contributed by atoms with Gasteiger partial charge in [-0.3, -0.25) is 9.78 Å². The Labute approximate surface area is 105 Å². The van der Waals surface area contributed by atoms with Crippen LogP contribution in [0.15, 0.2) is 29.0 Å². The minimum absolute atomic E-state index is 0.143. The molecule has 2 aromatic heterocycles. The third-order valence-corrected chi connectivity index (χ3v) is 2.68. The number of pyridine rings is 1. The van der Waals surface area contributed by atoms with Gasteiger partial charge in [0.1, 0.15) is 11.3 Å². The molecule has 2 heterocycles. The number of nitrogens with zero attached hydrogens (tertiary/aromatic N) is 2. The summed E-state index contributed by atoms with van der Waals surface area (Å²) in [4.78, 5) is 15.9. The molecule has 2 aromatic rings. The Morgan fingerprint density at radius 1 is 1.44 bits per heavy atom. The van der Waals surface area contributed by atoms with Crippen molar-refractivity contribution in [2.75, 3.05) is 6.54 Å². The molecule has 0 bridgehead atoms. The Bertz CT molecular complexity index is 515. The number of hydrogen-bond acceptors (Lipinski definition) is 4. The van der Waals surface area contributed by atoms with Gasteiger partial charge in [-0.05, 0) is 31.9 Å². The molecule has 0 radical (unpaired) electrons. The van der Waals surface area contributed by atoms with E-state index in [0.29, 0.717) is 23.6 Å². The smallest absolute Gasteiger partial charge is 0.256 e. The molecule has 0 saturated carbocycles. The minimum Gasteiger partial charge on any atom is -0.361 e. The molecule has 0 fully saturated rings. The van der Waals surface area contributed by atoms with E-state index in [1.807, 2.05) is 12.1 Å². The van der Waals surface area contributed by atoms with Crippen LogP contribution in [0.25, 0.3) is 0 Å². The largest absolute Gasteiger partial charge is 0.361 e. The second kappa shape index (κ2) is 5.44. The number of aryl methyl sites for hydroxylation is 2. The van der Waals surface area contributed by atoms with Crippen LogP contribution < -0.4 is 5.32 Å². The Morgan fingerprint density at radius 3 is 2.89 bits per heavy atom. The fraction of sp³-hybridized carbons (Fsp3) is 0.308. The fourth-order valence-corrected chi connectivity index (χ4v) is 1.76. The summed E-state index contributed by atoms with van der Waals surface area (Å²) in [5.41, 5.74) is 2.24. The van der Waals surface area contributed by atoms with Crippen molar-refractivity contribution in [3.63, 3.8) is 0 Å². The van der Waals surface area contributed by atoms with Crippen LogP contribution in [0, 0.1) is 13.8 Å². The zero-order valence-electron chi connectivity index (χ0n) is 10.4. The molecular formula is C13H15N3O2. The van der Waals surface area contributed by atoms with Gasteiger partial charge in [-0.15, -0.1) is 0 Å². The first-order chi connectivity index (χ1) is 8.68. The summed E-state index contributed by atoms with van der Waals surface area (Å²) >= 11 is 0. The van der Waals surface area contributed by atoms with E-state index >= 15 is 0 Å². The second-order valence-electron chi connectivity index (χ2n) is 4.07. The molecule has 0 aliphatic carbocycles. The normalized spacial score (nSPS) is 10.3. The SMILES string of the molecule is Cc1noc(C)c1C(=O)NCCc1cccnc1. The Balaban J connectivity index is 1.90. The highest BCUT2D eigenvalue weighted by Crippen LogP contribution is 2.11. The van der Waals surface area contributed by atoms with E-state index in [1.165, 1.54) is 0 Å². The number of carbonyl (C=O) groups is 1. The van der Waals surface area contributed by atoms with Crippen LogP contribution in [0.1, 0.15) is 27.4 Å². The molecule has 5 heteroatoms. The molecule has 18 heavy (non-hydrogen) atoms. The van der Waals surface area contributed by atoms with Crippen molar-refractivity contribution in [2.24, 2.45) is 0 Å². The molecule has 2 rings (SSSR count). The molecule has 0 aromatic carbocycles. The van der Waals surface area contributed by atoms with Crippen LogP contribution in [0.4, 0.5) is 0 Å². The van der Waals surface area contributed by atoms with E-state index in [2.05, 4.69) is 15.5 Å². The minimum atomic E-state index is -0.143. The topological polar surface area (TPSA) is 68.0 Å². The Hall–Kier alpha value is -2.17. The van der Waals surface area contributed by atoms with E-state index in [1.54, 1.807) is 26.2 Å². The zero-order chi connectivity index (χ0) is 13.0. The van der Waals surface area contributed by atoms with E-state index in [4.69, 9.17) is 4.52 Å². The molecule has 0 aliphatic rings. The van der Waals surface area contributed by atoms with E-state index in [-0.39, 0.29) is 5.91 Å². The van der Waals surface area contributed by atoms with Crippen molar-refractivity contribution in [1.29, 1.82) is 0 Å². The lowest BCUT2D eigenvalue weighted by molar-refractivity contribution is 0.0952. The summed E-state index contributed by atoms with van der Waals surface area (Å²) in [5, 5.41) is 6.61. The molecule has 0 aliphatic heterocycles. The van der Waals surface area contributed by atoms with Crippen LogP contribution in [-0.2, 0) is 6.42 Å². The Kier molecular flexibility index (Phi) is 3.72. The van der Waals surface area contributed by atoms with Gasteiger partial charge in [0.2, 0.25) is 0 Å². The molecule has 0 spiro atoms. The van der Waals surface area contributed by atoms with Crippen molar-refractivity contribution in [3.8, 4) is 0 Å². The molecule has 5 nitrogen and oxygen atoms in total. The van der Waals surface area contributed by atoms with Gasteiger partial charge in [-0.25, -0.2) is 0 Å². The van der Waals surface area contributed by atoms with Gasteiger partial charge in [0.15, 0.2) is 0 Å². The van der Waals surface area contributed by atoms with Gasteiger partial charge < -0.3 is 9.84 Å². The monoisotopic (exact) mass is 245 g/mol. The first kappa shape index (κ1) is 12.3. The van der Waals surface area contributed by atoms with E-state index < -0.39 is 0 Å². The molecule has 0 saturated heterocycles. The van der Waals surface area contributed by atoms with Crippen LogP contribution in [0.3, 0.4) is 0 Å². The molecule has 1 N–H and O–H groups in total. The maximum atomic E-state index is 11.9. The molecule has 0 atom stereocenters. The van der Waals surface area contributed by atoms with Gasteiger partial charge in [0.05, 0.1) is 5.69 Å². The van der Waals surface area contributed by atoms with Crippen LogP contribution in [0.5, 0.6) is 0 Å². The lowest BCUT2D eigenvalue weighted by Crippen LogP contribution is -2.26. The number of carbonyl (C=O) groups excluding carboxylic acids is 1. The van der Waals surface area contributed by atoms with Crippen LogP contribution in [-0.4, -0.2) is 22.6 Å². The number of aromatic nitrogens is 2. The average molecular weight is 245 g/mol. The third kappa shape index (κ3) is 2.74. The van der Waals surface area contributed by atoms with Gasteiger partial charge in [0.25, 0.3) is 5.91 Å². The Morgan fingerprint density at radius 2 is 2.28 bits per heavy atom.